The van der Waals surface area contributed by atoms with Crippen molar-refractivity contribution in [3.05, 3.63) is 71.7 Å². The number of benzene rings is 1. The highest BCUT2D eigenvalue weighted by molar-refractivity contribution is 7.93. The van der Waals surface area contributed by atoms with E-state index in [4.69, 9.17) is 0 Å². The summed E-state index contributed by atoms with van der Waals surface area (Å²) in [7, 11) is -3.93. The number of halogens is 2. The third kappa shape index (κ3) is 5.21. The summed E-state index contributed by atoms with van der Waals surface area (Å²) in [6.45, 7) is 6.66. The lowest BCUT2D eigenvalue weighted by molar-refractivity contribution is 0.103. The Kier molecular flexibility index (Phi) is 7.32. The van der Waals surface area contributed by atoms with Crippen LogP contribution in [-0.4, -0.2) is 60.6 Å². The van der Waals surface area contributed by atoms with Crippen LogP contribution in [0.5, 0.6) is 0 Å². The molecule has 1 atom stereocenters. The molecule has 1 fully saturated rings. The average Bonchev–Trinajstić information content (AvgIpc) is 3.38. The second kappa shape index (κ2) is 10.7. The van der Waals surface area contributed by atoms with Crippen LogP contribution < -0.4 is 14.9 Å². The smallest absolute Gasteiger partial charge is 0.235 e. The number of aromatic nitrogens is 3. The van der Waals surface area contributed by atoms with Crippen LogP contribution in [0.1, 0.15) is 36.2 Å². The minimum atomic E-state index is -3.93. The first-order chi connectivity index (χ1) is 18.7. The van der Waals surface area contributed by atoms with Gasteiger partial charge in [0.1, 0.15) is 17.3 Å². The molecule has 12 heteroatoms. The normalized spacial score (nSPS) is 14.9. The Balaban J connectivity index is 1.48. The van der Waals surface area contributed by atoms with Crippen molar-refractivity contribution in [2.75, 3.05) is 35.8 Å². The minimum absolute atomic E-state index is 0.00415. The zero-order valence-corrected chi connectivity index (χ0v) is 22.3. The number of hydrogen-bond acceptors (Lipinski definition) is 7. The number of fused-ring (bicyclic) bond motifs is 1. The number of anilines is 2. The van der Waals surface area contributed by atoms with Gasteiger partial charge in [0.2, 0.25) is 15.8 Å². The number of carbonyl (C=O) groups is 1. The topological polar surface area (TPSA) is 120 Å². The van der Waals surface area contributed by atoms with E-state index >= 15 is 4.39 Å². The van der Waals surface area contributed by atoms with Crippen LogP contribution in [0, 0.1) is 11.6 Å². The molecule has 5 rings (SSSR count). The second-order valence-electron chi connectivity index (χ2n) is 9.44. The molecule has 0 bridgehead atoms. The zero-order chi connectivity index (χ0) is 27.7. The Hall–Kier alpha value is -3.90. The largest absolute Gasteiger partial charge is 0.354 e. The molecule has 0 spiro atoms. The van der Waals surface area contributed by atoms with Crippen molar-refractivity contribution < 1.29 is 22.0 Å². The van der Waals surface area contributed by atoms with Crippen molar-refractivity contribution in [2.24, 2.45) is 0 Å². The van der Waals surface area contributed by atoms with Crippen LogP contribution in [0.2, 0.25) is 0 Å². The van der Waals surface area contributed by atoms with Crippen molar-refractivity contribution in [1.82, 2.24) is 20.3 Å². The van der Waals surface area contributed by atoms with E-state index in [9.17, 15) is 17.6 Å². The number of sulfonamides is 1. The summed E-state index contributed by atoms with van der Waals surface area (Å²) in [4.78, 5) is 27.4. The van der Waals surface area contributed by atoms with Crippen LogP contribution in [-0.2, 0) is 10.0 Å². The molecule has 9 nitrogen and oxygen atoms in total. The van der Waals surface area contributed by atoms with Gasteiger partial charge < -0.3 is 15.2 Å². The van der Waals surface area contributed by atoms with Gasteiger partial charge in [-0.2, -0.15) is 0 Å². The third-order valence-electron chi connectivity index (χ3n) is 6.97. The van der Waals surface area contributed by atoms with Crippen molar-refractivity contribution in [2.45, 2.75) is 25.5 Å². The van der Waals surface area contributed by atoms with Gasteiger partial charge in [-0.25, -0.2) is 27.2 Å². The summed E-state index contributed by atoms with van der Waals surface area (Å²) >= 11 is 0. The fourth-order valence-electron chi connectivity index (χ4n) is 4.43. The van der Waals surface area contributed by atoms with Crippen LogP contribution in [0.3, 0.4) is 0 Å². The van der Waals surface area contributed by atoms with E-state index in [1.807, 2.05) is 12.1 Å². The van der Waals surface area contributed by atoms with Crippen molar-refractivity contribution in [1.29, 1.82) is 0 Å². The summed E-state index contributed by atoms with van der Waals surface area (Å²) in [6.07, 6.45) is 4.98. The molecule has 4 aromatic rings. The SMILES string of the molecule is CC[C@@H](C)S(=O)(=O)Nc1ccc(F)c(C(=O)c2c[nH]c3ncc(-c4ccc(N5CCNCC5)nc4)cc23)c1F. The third-order valence-corrected chi connectivity index (χ3v) is 8.87. The highest BCUT2D eigenvalue weighted by Crippen LogP contribution is 2.30. The average molecular weight is 555 g/mol. The number of pyridine rings is 2. The van der Waals surface area contributed by atoms with Gasteiger partial charge in [0.25, 0.3) is 0 Å². The molecule has 0 amide bonds. The van der Waals surface area contributed by atoms with Gasteiger partial charge >= 0.3 is 0 Å². The van der Waals surface area contributed by atoms with Gasteiger partial charge in [-0.05, 0) is 43.7 Å². The minimum Gasteiger partial charge on any atom is -0.354 e. The highest BCUT2D eigenvalue weighted by Gasteiger charge is 2.27. The molecule has 3 N–H and O–H groups in total. The number of ketones is 1. The number of nitrogens with zero attached hydrogens (tertiary/aromatic N) is 3. The first-order valence-corrected chi connectivity index (χ1v) is 14.2. The predicted molar refractivity (Wildman–Crippen MR) is 146 cm³/mol. The number of H-pyrrole nitrogens is 1. The maximum absolute atomic E-state index is 15.4. The Morgan fingerprint density at radius 1 is 1.10 bits per heavy atom. The quantitative estimate of drug-likeness (QED) is 0.281. The van der Waals surface area contributed by atoms with Crippen LogP contribution in [0.4, 0.5) is 20.3 Å². The molecule has 0 aliphatic carbocycles. The number of hydrogen-bond donors (Lipinski definition) is 3. The van der Waals surface area contributed by atoms with Crippen molar-refractivity contribution in [3.8, 4) is 11.1 Å². The molecule has 0 radical (unpaired) electrons. The molecular weight excluding hydrogens is 526 g/mol. The number of aromatic amines is 1. The number of piperazine rings is 1. The number of rotatable bonds is 8. The maximum Gasteiger partial charge on any atom is 0.235 e. The molecule has 1 aromatic carbocycles. The van der Waals surface area contributed by atoms with Gasteiger partial charge in [-0.3, -0.25) is 9.52 Å². The first-order valence-electron chi connectivity index (χ1n) is 12.6. The lowest BCUT2D eigenvalue weighted by Gasteiger charge is -2.28. The summed E-state index contributed by atoms with van der Waals surface area (Å²) in [5.41, 5.74) is 0.460. The second-order valence-corrected chi connectivity index (χ2v) is 11.5. The van der Waals surface area contributed by atoms with Gasteiger partial charge in [0, 0.05) is 66.8 Å². The van der Waals surface area contributed by atoms with Crippen LogP contribution in [0.25, 0.3) is 22.2 Å². The Labute approximate surface area is 224 Å². The molecular formula is C27H28F2N6O3S. The lowest BCUT2D eigenvalue weighted by Crippen LogP contribution is -2.43. The van der Waals surface area contributed by atoms with Crippen molar-refractivity contribution in [3.63, 3.8) is 0 Å². The van der Waals surface area contributed by atoms with Gasteiger partial charge in [-0.15, -0.1) is 0 Å². The Morgan fingerprint density at radius 3 is 2.54 bits per heavy atom. The molecule has 3 aromatic heterocycles. The molecule has 1 aliphatic rings. The fraction of sp³-hybridized carbons (Fsp3) is 0.296. The lowest BCUT2D eigenvalue weighted by atomic mass is 10.00. The van der Waals surface area contributed by atoms with E-state index in [2.05, 4.69) is 29.9 Å². The van der Waals surface area contributed by atoms with Gasteiger partial charge in [0.15, 0.2) is 5.82 Å². The van der Waals surface area contributed by atoms with E-state index in [-0.39, 0.29) is 5.56 Å². The fourth-order valence-corrected chi connectivity index (χ4v) is 5.54. The summed E-state index contributed by atoms with van der Waals surface area (Å²) in [5.74, 6) is -2.46. The Bertz CT molecular complexity index is 1630. The summed E-state index contributed by atoms with van der Waals surface area (Å²) < 4.78 is 57.2. The molecule has 39 heavy (non-hydrogen) atoms. The molecule has 4 heterocycles. The molecule has 0 unspecified atom stereocenters. The summed E-state index contributed by atoms with van der Waals surface area (Å²) in [5, 5.41) is 2.87. The predicted octanol–water partition coefficient (Wildman–Crippen LogP) is 4.08. The molecule has 204 valence electrons. The van der Waals surface area contributed by atoms with Crippen molar-refractivity contribution >= 4 is 38.3 Å². The molecule has 1 saturated heterocycles. The van der Waals surface area contributed by atoms with Crippen LogP contribution in [0.15, 0.2) is 48.9 Å². The van der Waals surface area contributed by atoms with Gasteiger partial charge in [0.05, 0.1) is 16.5 Å². The molecule has 0 saturated carbocycles. The van der Waals surface area contributed by atoms with E-state index in [1.54, 1.807) is 25.4 Å². The van der Waals surface area contributed by atoms with Crippen LogP contribution >= 0.6 is 0 Å². The Morgan fingerprint density at radius 2 is 1.85 bits per heavy atom. The molecule has 1 aliphatic heterocycles. The standard InChI is InChI=1S/C27H28F2N6O3S/c1-3-16(2)39(37,38)34-22-6-5-21(28)24(25(22)29)26(36)20-15-33-27-19(20)12-18(14-32-27)17-4-7-23(31-13-17)35-10-8-30-9-11-35/h4-7,12-16,30,34H,3,8-11H2,1-2H3,(H,32,33)/t16-/m1/s1. The monoisotopic (exact) mass is 554 g/mol. The van der Waals surface area contributed by atoms with E-state index < -0.39 is 43.9 Å². The highest BCUT2D eigenvalue weighted by atomic mass is 32.2. The zero-order valence-electron chi connectivity index (χ0n) is 21.5. The van der Waals surface area contributed by atoms with Gasteiger partial charge in [-0.1, -0.05) is 6.92 Å². The van der Waals surface area contributed by atoms with E-state index in [0.717, 1.165) is 49.7 Å². The maximum atomic E-state index is 15.4. The number of carbonyl (C=O) groups excluding carboxylic acids is 1. The van der Waals surface area contributed by atoms with E-state index in [1.165, 1.54) is 13.1 Å². The van der Waals surface area contributed by atoms with E-state index in [0.29, 0.717) is 23.0 Å². The summed E-state index contributed by atoms with van der Waals surface area (Å²) in [6, 6.07) is 7.37. The number of nitrogens with one attached hydrogen (secondary N) is 3. The first kappa shape index (κ1) is 26.7.